The van der Waals surface area contributed by atoms with Gasteiger partial charge < -0.3 is 39.6 Å². The first kappa shape index (κ1) is 56.1. The second-order valence-corrected chi connectivity index (χ2v) is 20.8. The fraction of sp³-hybridized carbons (Fsp3) is 0.444. The monoisotopic (exact) mass is 1010 g/mol. The Kier molecular flexibility index (Phi) is 21.6. The minimum Gasteiger partial charge on any atom is -0.489 e. The van der Waals surface area contributed by atoms with Gasteiger partial charge in [0.15, 0.2) is 0 Å². The molecule has 1 aliphatic carbocycles. The van der Waals surface area contributed by atoms with Crippen molar-refractivity contribution in [2.75, 3.05) is 26.1 Å². The van der Waals surface area contributed by atoms with Gasteiger partial charge in [-0.1, -0.05) is 116 Å². The Labute approximate surface area is 422 Å². The van der Waals surface area contributed by atoms with Crippen LogP contribution in [0.2, 0.25) is 0 Å². The molecule has 72 heavy (non-hydrogen) atoms. The predicted octanol–water partition coefficient (Wildman–Crippen LogP) is 6.82. The number of unbranched alkanes of at least 4 members (excludes halogenated alkanes) is 1. The molecule has 5 rings (SSSR count). The molecule has 1 saturated carbocycles. The van der Waals surface area contributed by atoms with Crippen LogP contribution in [0.1, 0.15) is 94.4 Å². The molecular formula is C54H68N4O13S. The highest BCUT2D eigenvalue weighted by Gasteiger charge is 2.46. The summed E-state index contributed by atoms with van der Waals surface area (Å²) < 4.78 is 54.9. The summed E-state index contributed by atoms with van der Waals surface area (Å²) in [6, 6.07) is 32.8. The summed E-state index contributed by atoms with van der Waals surface area (Å²) in [4.78, 5) is 81.2. The number of sulfonamides is 1. The molecule has 0 heterocycles. The lowest BCUT2D eigenvalue weighted by atomic mass is 9.76. The van der Waals surface area contributed by atoms with Gasteiger partial charge in [0, 0.05) is 19.5 Å². The molecule has 0 spiro atoms. The molecule has 1 fully saturated rings. The van der Waals surface area contributed by atoms with E-state index in [-0.39, 0.29) is 45.6 Å². The average Bonchev–Trinajstić information content (AvgIpc) is 3.85. The summed E-state index contributed by atoms with van der Waals surface area (Å²) in [6.45, 7) is 4.41. The lowest BCUT2D eigenvalue weighted by Gasteiger charge is -2.33. The van der Waals surface area contributed by atoms with E-state index in [1.54, 1.807) is 32.9 Å². The van der Waals surface area contributed by atoms with E-state index in [1.807, 2.05) is 103 Å². The summed E-state index contributed by atoms with van der Waals surface area (Å²) in [5.41, 5.74) is 1.17. The molecule has 1 aliphatic rings. The molecule has 0 saturated heterocycles. The fourth-order valence-electron chi connectivity index (χ4n) is 8.08. The number of carbonyl (C=O) groups is 6. The van der Waals surface area contributed by atoms with E-state index < -0.39 is 81.5 Å². The highest BCUT2D eigenvalue weighted by molar-refractivity contribution is 7.88. The summed E-state index contributed by atoms with van der Waals surface area (Å²) in [7, 11) is -3.90. The van der Waals surface area contributed by atoms with E-state index in [9.17, 15) is 37.2 Å². The van der Waals surface area contributed by atoms with E-state index in [0.29, 0.717) is 56.4 Å². The van der Waals surface area contributed by atoms with Crippen molar-refractivity contribution in [1.82, 2.24) is 20.7 Å². The molecule has 0 radical (unpaired) electrons. The van der Waals surface area contributed by atoms with Gasteiger partial charge in [-0.15, -0.1) is 0 Å². The topological polar surface area (TPSA) is 231 Å². The van der Waals surface area contributed by atoms with Crippen LogP contribution in [-0.4, -0.2) is 82.5 Å². The van der Waals surface area contributed by atoms with Gasteiger partial charge in [0.05, 0.1) is 23.0 Å². The smallest absolute Gasteiger partial charge is 0.407 e. The zero-order valence-corrected chi connectivity index (χ0v) is 42.3. The lowest BCUT2D eigenvalue weighted by Crippen LogP contribution is -2.51. The number of esters is 3. The first-order valence-electron chi connectivity index (χ1n) is 24.2. The SMILES string of the molecule is CC(C)(C)C(=O)OCOC(=O)[C@H](CNC(=O)[C@H](CCCCNC(=O)OCc1ccccc1)NS(C)(=O)=O)CC1(C(=O)N[C@@H](Cc2ccc(OCc3ccccc3)cc2)C(=O)OCc2ccccc2)CCCC1. The van der Waals surface area contributed by atoms with Gasteiger partial charge in [-0.25, -0.2) is 22.7 Å². The number of benzene rings is 4. The predicted molar refractivity (Wildman–Crippen MR) is 268 cm³/mol. The minimum atomic E-state index is -3.90. The molecule has 4 aromatic carbocycles. The molecule has 0 aromatic heterocycles. The van der Waals surface area contributed by atoms with Crippen LogP contribution in [0, 0.1) is 16.7 Å². The van der Waals surface area contributed by atoms with E-state index >= 15 is 0 Å². The van der Waals surface area contributed by atoms with Gasteiger partial charge >= 0.3 is 24.0 Å². The Morgan fingerprint density at radius 3 is 1.78 bits per heavy atom. The average molecular weight is 1010 g/mol. The van der Waals surface area contributed by atoms with Crippen molar-refractivity contribution >= 4 is 45.8 Å². The normalized spacial score (nSPS) is 14.4. The van der Waals surface area contributed by atoms with Crippen molar-refractivity contribution in [1.29, 1.82) is 0 Å². The van der Waals surface area contributed by atoms with Crippen molar-refractivity contribution in [3.05, 3.63) is 138 Å². The standard InChI is InChI=1S/C54H68N4O13S/c1-53(2,3)51(63)71-38-70-48(60)43(34-56-47(59)45(58-72(4,65)66)24-14-17-31-55-52(64)69-37-42-22-12-7-13-23-42)33-54(29-15-16-30-54)50(62)57-46(49(61)68-36-41-20-10-6-11-21-41)32-39-25-27-44(28-26-39)67-35-40-18-8-5-9-19-40/h5-13,18-23,25-28,43,45-46,58H,14-17,24,29-38H2,1-4H3,(H,55,64)(H,56,59)(H,57,62)/t43-,45-,46-/m0/s1. The zero-order valence-electron chi connectivity index (χ0n) is 41.5. The molecule has 0 bridgehead atoms. The van der Waals surface area contributed by atoms with Crippen molar-refractivity contribution in [3.63, 3.8) is 0 Å². The number of hydrogen-bond donors (Lipinski definition) is 4. The summed E-state index contributed by atoms with van der Waals surface area (Å²) in [5.74, 6) is -3.98. The van der Waals surface area contributed by atoms with E-state index in [1.165, 1.54) is 0 Å². The number of alkyl carbamates (subject to hydrolysis) is 1. The maximum Gasteiger partial charge on any atom is 0.407 e. The van der Waals surface area contributed by atoms with Crippen molar-refractivity contribution in [2.45, 2.75) is 110 Å². The van der Waals surface area contributed by atoms with Gasteiger partial charge in [-0.3, -0.25) is 19.2 Å². The molecule has 17 nitrogen and oxygen atoms in total. The van der Waals surface area contributed by atoms with Crippen molar-refractivity contribution in [2.24, 2.45) is 16.7 Å². The first-order chi connectivity index (χ1) is 34.4. The lowest BCUT2D eigenvalue weighted by molar-refractivity contribution is -0.176. The van der Waals surface area contributed by atoms with Crippen LogP contribution in [-0.2, 0) is 79.2 Å². The van der Waals surface area contributed by atoms with E-state index in [0.717, 1.165) is 22.9 Å². The second-order valence-electron chi connectivity index (χ2n) is 19.1. The van der Waals surface area contributed by atoms with E-state index in [4.69, 9.17) is 23.7 Å². The van der Waals surface area contributed by atoms with Gasteiger partial charge in [-0.05, 0) is 93.7 Å². The Balaban J connectivity index is 1.29. The van der Waals surface area contributed by atoms with Gasteiger partial charge in [-0.2, -0.15) is 0 Å². The number of rotatable bonds is 27. The molecule has 0 unspecified atom stereocenters. The third kappa shape index (κ3) is 19.4. The van der Waals surface area contributed by atoms with Crippen LogP contribution in [0.5, 0.6) is 5.75 Å². The quantitative estimate of drug-likeness (QED) is 0.0208. The summed E-state index contributed by atoms with van der Waals surface area (Å²) in [6.07, 6.45) is 2.86. The summed E-state index contributed by atoms with van der Waals surface area (Å²) >= 11 is 0. The number of ether oxygens (including phenoxy) is 5. The molecular weight excluding hydrogens is 945 g/mol. The van der Waals surface area contributed by atoms with Crippen LogP contribution >= 0.6 is 0 Å². The van der Waals surface area contributed by atoms with E-state index in [2.05, 4.69) is 20.7 Å². The van der Waals surface area contributed by atoms with Crippen molar-refractivity contribution < 1.29 is 60.9 Å². The van der Waals surface area contributed by atoms with Gasteiger partial charge in [0.1, 0.15) is 37.7 Å². The molecule has 3 atom stereocenters. The second kappa shape index (κ2) is 27.7. The Morgan fingerprint density at radius 2 is 1.21 bits per heavy atom. The number of amides is 3. The Bertz CT molecular complexity index is 2480. The molecule has 0 aliphatic heterocycles. The number of hydrogen-bond acceptors (Lipinski definition) is 13. The maximum atomic E-state index is 14.8. The Morgan fingerprint density at radius 1 is 0.639 bits per heavy atom. The number of carbonyl (C=O) groups excluding carboxylic acids is 6. The van der Waals surface area contributed by atoms with Crippen LogP contribution in [0.3, 0.4) is 0 Å². The molecule has 388 valence electrons. The molecule has 18 heteroatoms. The third-order valence-electron chi connectivity index (χ3n) is 12.0. The minimum absolute atomic E-state index is 0.0350. The molecule has 4 N–H and O–H groups in total. The van der Waals surface area contributed by atoms with Crippen LogP contribution in [0.15, 0.2) is 115 Å². The van der Waals surface area contributed by atoms with Gasteiger partial charge in [0.2, 0.25) is 28.6 Å². The third-order valence-corrected chi connectivity index (χ3v) is 12.8. The van der Waals surface area contributed by atoms with Crippen LogP contribution in [0.4, 0.5) is 4.79 Å². The first-order valence-corrected chi connectivity index (χ1v) is 26.1. The Hall–Kier alpha value is -6.79. The van der Waals surface area contributed by atoms with Crippen LogP contribution in [0.25, 0.3) is 0 Å². The van der Waals surface area contributed by atoms with Gasteiger partial charge in [0.25, 0.3) is 0 Å². The van der Waals surface area contributed by atoms with Crippen LogP contribution < -0.4 is 25.4 Å². The molecule has 4 aromatic rings. The largest absolute Gasteiger partial charge is 0.489 e. The number of nitrogens with one attached hydrogen (secondary N) is 4. The zero-order chi connectivity index (χ0) is 52.0. The highest BCUT2D eigenvalue weighted by atomic mass is 32.2. The molecule has 3 amide bonds. The fourth-order valence-corrected chi connectivity index (χ4v) is 8.82. The maximum absolute atomic E-state index is 14.8. The summed E-state index contributed by atoms with van der Waals surface area (Å²) in [5, 5.41) is 8.30. The highest BCUT2D eigenvalue weighted by Crippen LogP contribution is 2.44. The van der Waals surface area contributed by atoms with Crippen molar-refractivity contribution in [3.8, 4) is 5.75 Å².